The van der Waals surface area contributed by atoms with E-state index in [2.05, 4.69) is 47.1 Å². The van der Waals surface area contributed by atoms with Crippen LogP contribution in [-0.2, 0) is 13.0 Å². The molecule has 3 aromatic rings. The Labute approximate surface area is 239 Å². The topological polar surface area (TPSA) is 65.3 Å². The number of aromatic nitrogens is 2. The minimum atomic E-state index is -2.52. The van der Waals surface area contributed by atoms with E-state index in [-0.39, 0.29) is 18.8 Å². The maximum atomic E-state index is 13.6. The summed E-state index contributed by atoms with van der Waals surface area (Å²) in [6, 6.07) is 14.7. The zero-order valence-corrected chi connectivity index (χ0v) is 23.8. The molecule has 0 spiro atoms. The molecule has 0 radical (unpaired) electrons. The zero-order chi connectivity index (χ0) is 28.1. The zero-order valence-electron chi connectivity index (χ0n) is 23.0. The average Bonchev–Trinajstić information content (AvgIpc) is 2.95. The second kappa shape index (κ2) is 12.6. The Morgan fingerprint density at radius 3 is 2.70 bits per heavy atom. The van der Waals surface area contributed by atoms with E-state index in [1.165, 1.54) is 0 Å². The number of unbranched alkanes of at least 4 members (excludes halogenated alkanes) is 1. The molecule has 0 unspecified atom stereocenters. The summed E-state index contributed by atoms with van der Waals surface area (Å²) in [7, 11) is 0. The average molecular weight is 568 g/mol. The summed E-state index contributed by atoms with van der Waals surface area (Å²) >= 11 is 6.65. The third-order valence-corrected chi connectivity index (χ3v) is 8.50. The van der Waals surface area contributed by atoms with E-state index in [4.69, 9.17) is 31.6 Å². The third kappa shape index (κ3) is 6.41. The van der Waals surface area contributed by atoms with Crippen LogP contribution in [0.15, 0.2) is 36.4 Å². The van der Waals surface area contributed by atoms with Crippen molar-refractivity contribution in [3.63, 3.8) is 0 Å². The summed E-state index contributed by atoms with van der Waals surface area (Å²) in [6.45, 7) is 5.37. The number of hydrogen-bond acceptors (Lipinski definition) is 6. The number of rotatable bonds is 10. The molecular formula is C31H36ClF2N5O. The molecule has 1 aromatic heterocycles. The molecule has 0 saturated heterocycles. The lowest BCUT2D eigenvalue weighted by atomic mass is 9.85. The van der Waals surface area contributed by atoms with Crippen LogP contribution in [0.1, 0.15) is 63.1 Å². The second-order valence-electron chi connectivity index (χ2n) is 10.8. The molecule has 2 aliphatic rings. The van der Waals surface area contributed by atoms with Gasteiger partial charge < -0.3 is 14.5 Å². The van der Waals surface area contributed by atoms with Crippen molar-refractivity contribution in [3.05, 3.63) is 52.7 Å². The molecule has 0 amide bonds. The van der Waals surface area contributed by atoms with Gasteiger partial charge in [-0.3, -0.25) is 0 Å². The Morgan fingerprint density at radius 2 is 1.95 bits per heavy atom. The molecule has 1 fully saturated rings. The normalized spacial score (nSPS) is 16.9. The van der Waals surface area contributed by atoms with Crippen LogP contribution >= 0.6 is 11.6 Å². The fourth-order valence-electron chi connectivity index (χ4n) is 5.93. The van der Waals surface area contributed by atoms with Gasteiger partial charge in [0.2, 0.25) is 5.92 Å². The van der Waals surface area contributed by atoms with Crippen molar-refractivity contribution in [1.29, 1.82) is 5.26 Å². The van der Waals surface area contributed by atoms with Crippen LogP contribution in [0.4, 0.5) is 20.3 Å². The predicted molar refractivity (Wildman–Crippen MR) is 155 cm³/mol. The molecule has 2 heterocycles. The van der Waals surface area contributed by atoms with Crippen LogP contribution in [-0.4, -0.2) is 42.1 Å². The highest BCUT2D eigenvalue weighted by Gasteiger charge is 2.34. The van der Waals surface area contributed by atoms with E-state index >= 15 is 0 Å². The first-order valence-corrected chi connectivity index (χ1v) is 14.7. The molecule has 6 nitrogen and oxygen atoms in total. The van der Waals surface area contributed by atoms with Crippen molar-refractivity contribution in [2.45, 2.75) is 70.8 Å². The number of alkyl halides is 2. The van der Waals surface area contributed by atoms with Crippen molar-refractivity contribution in [2.75, 3.05) is 36.0 Å². The van der Waals surface area contributed by atoms with Gasteiger partial charge in [0, 0.05) is 55.5 Å². The van der Waals surface area contributed by atoms with E-state index in [1.54, 1.807) is 0 Å². The Bertz CT molecular complexity index is 1360. The molecule has 0 bridgehead atoms. The smallest absolute Gasteiger partial charge is 0.318 e. The number of benzene rings is 2. The van der Waals surface area contributed by atoms with E-state index < -0.39 is 5.92 Å². The van der Waals surface area contributed by atoms with E-state index in [1.807, 2.05) is 12.1 Å². The highest BCUT2D eigenvalue weighted by Crippen LogP contribution is 2.38. The first kappa shape index (κ1) is 28.4. The first-order valence-electron chi connectivity index (χ1n) is 14.3. The largest absolute Gasteiger partial charge is 0.463 e. The van der Waals surface area contributed by atoms with Gasteiger partial charge in [0.25, 0.3) is 0 Å². The van der Waals surface area contributed by atoms with Crippen LogP contribution < -0.4 is 14.5 Å². The lowest BCUT2D eigenvalue weighted by molar-refractivity contribution is -0.0475. The molecule has 2 aromatic carbocycles. The van der Waals surface area contributed by atoms with Crippen molar-refractivity contribution >= 4 is 33.9 Å². The Kier molecular flexibility index (Phi) is 8.90. The van der Waals surface area contributed by atoms with Crippen molar-refractivity contribution in [1.82, 2.24) is 9.97 Å². The molecule has 40 heavy (non-hydrogen) atoms. The van der Waals surface area contributed by atoms with Crippen molar-refractivity contribution in [2.24, 2.45) is 5.92 Å². The number of anilines is 2. The van der Waals surface area contributed by atoms with Gasteiger partial charge in [-0.15, -0.1) is 0 Å². The maximum absolute atomic E-state index is 13.6. The molecule has 212 valence electrons. The summed E-state index contributed by atoms with van der Waals surface area (Å²) < 4.78 is 33.2. The fraction of sp³-hybridized carbons (Fsp3) is 0.516. The lowest BCUT2D eigenvalue weighted by Crippen LogP contribution is -2.34. The molecule has 1 saturated carbocycles. The van der Waals surface area contributed by atoms with Gasteiger partial charge in [-0.25, -0.2) is 8.78 Å². The molecule has 0 N–H and O–H groups in total. The first-order chi connectivity index (χ1) is 19.4. The Hall–Kier alpha value is -3.18. The molecule has 1 aliphatic heterocycles. The second-order valence-corrected chi connectivity index (χ2v) is 11.2. The van der Waals surface area contributed by atoms with E-state index in [0.717, 1.165) is 71.0 Å². The monoisotopic (exact) mass is 567 g/mol. The quantitative estimate of drug-likeness (QED) is 0.235. The van der Waals surface area contributed by atoms with Crippen LogP contribution in [0.2, 0.25) is 5.02 Å². The van der Waals surface area contributed by atoms with Gasteiger partial charge in [-0.05, 0) is 62.5 Å². The van der Waals surface area contributed by atoms with Crippen LogP contribution in [0.5, 0.6) is 6.01 Å². The molecular weight excluding hydrogens is 532 g/mol. The number of fused-ring (bicyclic) bond motifs is 2. The molecule has 9 heteroatoms. The van der Waals surface area contributed by atoms with Crippen LogP contribution in [0.25, 0.3) is 10.8 Å². The number of nitrogens with zero attached hydrogens (tertiary/aromatic N) is 5. The number of hydrogen-bond donors (Lipinski definition) is 0. The van der Waals surface area contributed by atoms with Crippen LogP contribution in [0, 0.1) is 17.2 Å². The van der Waals surface area contributed by atoms with Crippen molar-refractivity contribution in [3.8, 4) is 12.1 Å². The third-order valence-electron chi connectivity index (χ3n) is 8.19. The van der Waals surface area contributed by atoms with Gasteiger partial charge in [-0.1, -0.05) is 35.9 Å². The summed E-state index contributed by atoms with van der Waals surface area (Å²) in [5.41, 5.74) is 3.11. The van der Waals surface area contributed by atoms with Crippen molar-refractivity contribution < 1.29 is 13.5 Å². The lowest BCUT2D eigenvalue weighted by Gasteiger charge is -2.34. The highest BCUT2D eigenvalue weighted by atomic mass is 35.5. The summed E-state index contributed by atoms with van der Waals surface area (Å²) in [4.78, 5) is 14.2. The minimum absolute atomic E-state index is 0.0423. The number of nitriles is 1. The van der Waals surface area contributed by atoms with E-state index in [9.17, 15) is 8.78 Å². The van der Waals surface area contributed by atoms with Gasteiger partial charge in [0.15, 0.2) is 0 Å². The van der Waals surface area contributed by atoms with Gasteiger partial charge in [0.1, 0.15) is 5.82 Å². The van der Waals surface area contributed by atoms with Gasteiger partial charge in [-0.2, -0.15) is 15.2 Å². The number of halogens is 3. The van der Waals surface area contributed by atoms with Crippen LogP contribution in [0.3, 0.4) is 0 Å². The Balaban J connectivity index is 1.40. The van der Waals surface area contributed by atoms with Gasteiger partial charge in [0.05, 0.1) is 29.9 Å². The van der Waals surface area contributed by atoms with Gasteiger partial charge >= 0.3 is 6.01 Å². The molecule has 1 aliphatic carbocycles. The standard InChI is InChI=1S/C31H36ClF2N5O/c1-2-38(18-4-3-17-35)29-24-13-19-39(27-10-6-8-23-7-5-9-25(32)28(23)27)21-26(24)36-30(37-29)40-20-14-22-11-15-31(33,34)16-12-22/h5-10,22H,2-4,11-16,18-21H2,1H3. The number of ether oxygens (including phenoxy) is 1. The predicted octanol–water partition coefficient (Wildman–Crippen LogP) is 7.57. The fourth-order valence-corrected chi connectivity index (χ4v) is 6.21. The molecule has 5 rings (SSSR count). The summed E-state index contributed by atoms with van der Waals surface area (Å²) in [6.07, 6.45) is 3.70. The summed E-state index contributed by atoms with van der Waals surface area (Å²) in [5, 5.41) is 11.9. The maximum Gasteiger partial charge on any atom is 0.318 e. The minimum Gasteiger partial charge on any atom is -0.463 e. The molecule has 0 atom stereocenters. The highest BCUT2D eigenvalue weighted by molar-refractivity contribution is 6.36. The van der Waals surface area contributed by atoms with E-state index in [0.29, 0.717) is 44.8 Å². The Morgan fingerprint density at radius 1 is 1.18 bits per heavy atom. The SMILES string of the molecule is CCN(CCCC#N)c1nc(OCCC2CCC(F)(F)CC2)nc2c1CCN(c1cccc3cccc(Cl)c13)C2. The summed E-state index contributed by atoms with van der Waals surface area (Å²) in [5.74, 6) is -1.42.